The van der Waals surface area contributed by atoms with Crippen LogP contribution >= 0.6 is 11.7 Å². The van der Waals surface area contributed by atoms with Crippen LogP contribution in [0.3, 0.4) is 0 Å². The van der Waals surface area contributed by atoms with Gasteiger partial charge in [0.2, 0.25) is 0 Å². The molecule has 0 aliphatic heterocycles. The van der Waals surface area contributed by atoms with Gasteiger partial charge >= 0.3 is 0 Å². The third-order valence-electron chi connectivity index (χ3n) is 3.65. The lowest BCUT2D eigenvalue weighted by atomic mass is 10.0. The summed E-state index contributed by atoms with van der Waals surface area (Å²) in [7, 11) is 0. The molecule has 1 aromatic carbocycles. The van der Waals surface area contributed by atoms with Crippen LogP contribution in [0.25, 0.3) is 0 Å². The second-order valence-electron chi connectivity index (χ2n) is 5.09. The Hall–Kier alpha value is -2.67. The monoisotopic (exact) mass is 342 g/mol. The Morgan fingerprint density at radius 3 is 2.62 bits per heavy atom. The largest absolute Gasteiger partial charge is 0.325 e. The van der Waals surface area contributed by atoms with E-state index in [1.54, 1.807) is 23.2 Å². The zero-order chi connectivity index (χ0) is 16.9. The number of hydrogen-bond donors (Lipinski definition) is 0. The van der Waals surface area contributed by atoms with E-state index in [9.17, 15) is 9.18 Å². The van der Waals surface area contributed by atoms with Crippen molar-refractivity contribution in [1.82, 2.24) is 18.6 Å². The molecule has 1 amide bonds. The van der Waals surface area contributed by atoms with Gasteiger partial charge in [-0.2, -0.15) is 8.75 Å². The first-order valence-electron chi connectivity index (χ1n) is 7.45. The van der Waals surface area contributed by atoms with Gasteiger partial charge in [0.15, 0.2) is 5.69 Å². The third-order valence-corrected chi connectivity index (χ3v) is 4.13. The number of rotatable bonds is 5. The van der Waals surface area contributed by atoms with E-state index in [0.717, 1.165) is 17.3 Å². The minimum absolute atomic E-state index is 0.230. The van der Waals surface area contributed by atoms with Crippen molar-refractivity contribution in [3.8, 4) is 0 Å². The maximum absolute atomic E-state index is 13.3. The van der Waals surface area contributed by atoms with Crippen LogP contribution in [0.15, 0.2) is 54.9 Å². The van der Waals surface area contributed by atoms with Crippen LogP contribution in [0.4, 0.5) is 4.39 Å². The van der Waals surface area contributed by atoms with Crippen LogP contribution in [0, 0.1) is 5.82 Å². The number of carbonyl (C=O) groups is 1. The van der Waals surface area contributed by atoms with E-state index in [1.807, 2.05) is 25.1 Å². The molecular weight excluding hydrogens is 327 g/mol. The van der Waals surface area contributed by atoms with E-state index in [1.165, 1.54) is 18.3 Å². The highest BCUT2D eigenvalue weighted by Crippen LogP contribution is 2.28. The zero-order valence-corrected chi connectivity index (χ0v) is 13.8. The minimum Gasteiger partial charge on any atom is -0.325 e. The molecule has 0 aliphatic rings. The minimum atomic E-state index is -0.425. The Morgan fingerprint density at radius 2 is 2.04 bits per heavy atom. The van der Waals surface area contributed by atoms with Gasteiger partial charge in [-0.15, -0.1) is 0 Å². The molecular formula is C17H15FN4OS. The Labute approximate surface area is 143 Å². The first-order chi connectivity index (χ1) is 11.7. The maximum Gasteiger partial charge on any atom is 0.276 e. The third kappa shape index (κ3) is 3.30. The van der Waals surface area contributed by atoms with Gasteiger partial charge in [-0.05, 0) is 36.8 Å². The highest BCUT2D eigenvalue weighted by Gasteiger charge is 2.28. The molecule has 0 saturated heterocycles. The highest BCUT2D eigenvalue weighted by atomic mass is 32.1. The lowest BCUT2D eigenvalue weighted by Crippen LogP contribution is -2.36. The second kappa shape index (κ2) is 7.27. The number of hydrogen-bond acceptors (Lipinski definition) is 5. The van der Waals surface area contributed by atoms with Crippen molar-refractivity contribution in [2.75, 3.05) is 6.54 Å². The van der Waals surface area contributed by atoms with Crippen molar-refractivity contribution >= 4 is 17.6 Å². The van der Waals surface area contributed by atoms with E-state index in [4.69, 9.17) is 0 Å². The molecule has 0 bridgehead atoms. The first kappa shape index (κ1) is 16.2. The lowest BCUT2D eigenvalue weighted by Gasteiger charge is -2.30. The smallest absolute Gasteiger partial charge is 0.276 e. The van der Waals surface area contributed by atoms with E-state index in [-0.39, 0.29) is 11.7 Å². The summed E-state index contributed by atoms with van der Waals surface area (Å²) in [5, 5.41) is 0. The molecule has 0 spiro atoms. The molecule has 2 heterocycles. The SMILES string of the molecule is CCN(C(=O)c1cnsn1)[C@@H](c1ccc(F)cc1)c1ccccn1. The molecule has 0 aliphatic carbocycles. The molecule has 5 nitrogen and oxygen atoms in total. The number of pyridine rings is 1. The normalized spacial score (nSPS) is 11.9. The molecule has 7 heteroatoms. The molecule has 24 heavy (non-hydrogen) atoms. The van der Waals surface area contributed by atoms with Crippen molar-refractivity contribution in [2.45, 2.75) is 13.0 Å². The van der Waals surface area contributed by atoms with E-state index in [0.29, 0.717) is 17.9 Å². The molecule has 0 saturated carbocycles. The first-order valence-corrected chi connectivity index (χ1v) is 8.18. The summed E-state index contributed by atoms with van der Waals surface area (Å²) in [6.45, 7) is 2.34. The number of benzene rings is 1. The fourth-order valence-corrected chi connectivity index (χ4v) is 2.95. The Morgan fingerprint density at radius 1 is 1.25 bits per heavy atom. The summed E-state index contributed by atoms with van der Waals surface area (Å²) < 4.78 is 21.2. The Balaban J connectivity index is 2.05. The Bertz CT molecular complexity index is 793. The molecule has 3 rings (SSSR count). The van der Waals surface area contributed by atoms with Crippen molar-refractivity contribution in [1.29, 1.82) is 0 Å². The molecule has 0 radical (unpaired) electrons. The topological polar surface area (TPSA) is 59.0 Å². The lowest BCUT2D eigenvalue weighted by molar-refractivity contribution is 0.0709. The molecule has 0 N–H and O–H groups in total. The van der Waals surface area contributed by atoms with Gasteiger partial charge in [-0.1, -0.05) is 18.2 Å². The predicted molar refractivity (Wildman–Crippen MR) is 89.1 cm³/mol. The molecule has 1 atom stereocenters. The standard InChI is InChI=1S/C17H15FN4OS/c1-2-22(17(23)15-11-20-24-21-15)16(14-5-3-4-10-19-14)12-6-8-13(18)9-7-12/h3-11,16H,2H2,1H3/t16-/m0/s1. The number of amides is 1. The molecule has 2 aromatic heterocycles. The van der Waals surface area contributed by atoms with Crippen LogP contribution in [0.1, 0.15) is 34.7 Å². The van der Waals surface area contributed by atoms with Gasteiger partial charge in [-0.3, -0.25) is 9.78 Å². The number of nitrogens with zero attached hydrogens (tertiary/aromatic N) is 4. The summed E-state index contributed by atoms with van der Waals surface area (Å²) in [5.74, 6) is -0.553. The van der Waals surface area contributed by atoms with Crippen LogP contribution in [-0.4, -0.2) is 31.1 Å². The van der Waals surface area contributed by atoms with Crippen molar-refractivity contribution in [2.24, 2.45) is 0 Å². The van der Waals surface area contributed by atoms with Crippen LogP contribution in [0.2, 0.25) is 0 Å². The van der Waals surface area contributed by atoms with Gasteiger partial charge < -0.3 is 4.90 Å². The predicted octanol–water partition coefficient (Wildman–Crippen LogP) is 3.32. The van der Waals surface area contributed by atoms with Crippen molar-refractivity contribution in [3.63, 3.8) is 0 Å². The maximum atomic E-state index is 13.3. The van der Waals surface area contributed by atoms with E-state index >= 15 is 0 Å². The van der Waals surface area contributed by atoms with E-state index < -0.39 is 6.04 Å². The second-order valence-corrected chi connectivity index (χ2v) is 5.65. The number of carbonyl (C=O) groups excluding carboxylic acids is 1. The van der Waals surface area contributed by atoms with Gasteiger partial charge in [-0.25, -0.2) is 4.39 Å². The average molecular weight is 342 g/mol. The van der Waals surface area contributed by atoms with Gasteiger partial charge in [0.1, 0.15) is 5.82 Å². The highest BCUT2D eigenvalue weighted by molar-refractivity contribution is 6.99. The summed E-state index contributed by atoms with van der Waals surface area (Å²) in [5.41, 5.74) is 1.79. The van der Waals surface area contributed by atoms with Gasteiger partial charge in [0.25, 0.3) is 5.91 Å². The van der Waals surface area contributed by atoms with Crippen LogP contribution in [-0.2, 0) is 0 Å². The molecule has 122 valence electrons. The summed E-state index contributed by atoms with van der Waals surface area (Å²) in [6, 6.07) is 11.2. The molecule has 3 aromatic rings. The van der Waals surface area contributed by atoms with Gasteiger partial charge in [0, 0.05) is 12.7 Å². The van der Waals surface area contributed by atoms with Gasteiger partial charge in [0.05, 0.1) is 29.7 Å². The Kier molecular flexibility index (Phi) is 4.90. The number of halogens is 1. The van der Waals surface area contributed by atoms with Crippen molar-refractivity contribution in [3.05, 3.63) is 77.6 Å². The summed E-state index contributed by atoms with van der Waals surface area (Å²) in [4.78, 5) is 18.9. The fourth-order valence-electron chi connectivity index (χ4n) is 2.54. The van der Waals surface area contributed by atoms with Crippen LogP contribution < -0.4 is 0 Å². The number of aromatic nitrogens is 3. The molecule has 0 unspecified atom stereocenters. The zero-order valence-electron chi connectivity index (χ0n) is 13.0. The summed E-state index contributed by atoms with van der Waals surface area (Å²) >= 11 is 0.988. The fraction of sp³-hybridized carbons (Fsp3) is 0.176. The van der Waals surface area contributed by atoms with E-state index in [2.05, 4.69) is 13.7 Å². The van der Waals surface area contributed by atoms with Crippen molar-refractivity contribution < 1.29 is 9.18 Å². The average Bonchev–Trinajstić information content (AvgIpc) is 3.15. The quantitative estimate of drug-likeness (QED) is 0.714. The van der Waals surface area contributed by atoms with Crippen LogP contribution in [0.5, 0.6) is 0 Å². The molecule has 0 fully saturated rings. The summed E-state index contributed by atoms with van der Waals surface area (Å²) in [6.07, 6.45) is 3.13.